The van der Waals surface area contributed by atoms with Gasteiger partial charge in [0.05, 0.1) is 30.5 Å². The fraction of sp³-hybridized carbons (Fsp3) is 0.200. The number of Topliss-reactive ketones (excluding diaryl/α,β-unsaturated/α-hetero) is 1. The first-order valence-electron chi connectivity index (χ1n) is 9.98. The van der Waals surface area contributed by atoms with Gasteiger partial charge in [-0.05, 0) is 24.6 Å². The molecule has 2 aromatic carbocycles. The molecule has 1 unspecified atom stereocenters. The number of hydrogen-bond donors (Lipinski definition) is 1. The van der Waals surface area contributed by atoms with Crippen LogP contribution in [0.1, 0.15) is 34.3 Å². The Labute approximate surface area is 191 Å². The van der Waals surface area contributed by atoms with Gasteiger partial charge in [0.2, 0.25) is 0 Å². The van der Waals surface area contributed by atoms with E-state index < -0.39 is 11.9 Å². The lowest BCUT2D eigenvalue weighted by molar-refractivity contribution is -0.136. The first-order valence-corrected chi connectivity index (χ1v) is 10.4. The first-order chi connectivity index (χ1) is 15.4. The number of ether oxygens (including phenoxy) is 3. The number of nitrogens with one attached hydrogen (secondary N) is 1. The lowest BCUT2D eigenvalue weighted by Gasteiger charge is -2.29. The Bertz CT molecular complexity index is 1210. The summed E-state index contributed by atoms with van der Waals surface area (Å²) in [4.78, 5) is 26.3. The molecule has 32 heavy (non-hydrogen) atoms. The van der Waals surface area contributed by atoms with Gasteiger partial charge in [-0.1, -0.05) is 48.5 Å². The van der Waals surface area contributed by atoms with Crippen molar-refractivity contribution in [1.29, 1.82) is 0 Å². The number of rotatable bonds is 6. The van der Waals surface area contributed by atoms with Crippen LogP contribution < -0.4 is 14.8 Å². The zero-order valence-corrected chi connectivity index (χ0v) is 18.7. The highest BCUT2D eigenvalue weighted by molar-refractivity contribution is 6.32. The number of hydrogen-bond acceptors (Lipinski definition) is 6. The molecule has 2 aromatic rings. The minimum absolute atomic E-state index is 0.149. The van der Waals surface area contributed by atoms with E-state index in [0.717, 1.165) is 5.56 Å². The molecule has 0 amide bonds. The number of allylic oxidation sites excluding steroid dienone is 2. The van der Waals surface area contributed by atoms with Crippen molar-refractivity contribution in [2.75, 3.05) is 20.8 Å². The topological polar surface area (TPSA) is 73.9 Å². The van der Waals surface area contributed by atoms with Crippen LogP contribution in [0, 0.1) is 0 Å². The van der Waals surface area contributed by atoms with Crippen molar-refractivity contribution in [2.45, 2.75) is 12.8 Å². The van der Waals surface area contributed by atoms with Gasteiger partial charge >= 0.3 is 5.97 Å². The number of dihydropyridines is 1. The molecular weight excluding hydrogens is 430 g/mol. The van der Waals surface area contributed by atoms with E-state index in [4.69, 9.17) is 25.8 Å². The Morgan fingerprint density at radius 1 is 1.22 bits per heavy atom. The molecule has 1 aliphatic carbocycles. The molecule has 0 saturated carbocycles. The predicted octanol–water partition coefficient (Wildman–Crippen LogP) is 4.65. The highest BCUT2D eigenvalue weighted by atomic mass is 35.5. The number of halogens is 1. The molecule has 0 spiro atoms. The summed E-state index contributed by atoms with van der Waals surface area (Å²) in [5.41, 5.74) is 4.09. The molecule has 0 bridgehead atoms. The van der Waals surface area contributed by atoms with Gasteiger partial charge in [0.25, 0.3) is 0 Å². The van der Waals surface area contributed by atoms with Crippen LogP contribution in [0.15, 0.2) is 65.9 Å². The second-order valence-corrected chi connectivity index (χ2v) is 7.79. The van der Waals surface area contributed by atoms with Crippen molar-refractivity contribution in [1.82, 2.24) is 5.32 Å². The van der Waals surface area contributed by atoms with Crippen LogP contribution in [0.5, 0.6) is 11.5 Å². The van der Waals surface area contributed by atoms with E-state index in [-0.39, 0.29) is 12.4 Å². The van der Waals surface area contributed by atoms with Gasteiger partial charge in [0, 0.05) is 28.3 Å². The molecule has 1 N–H and O–H groups in total. The maximum absolute atomic E-state index is 13.5. The van der Waals surface area contributed by atoms with Gasteiger partial charge in [-0.15, -0.1) is 0 Å². The summed E-state index contributed by atoms with van der Waals surface area (Å²) in [5.74, 6) is -0.623. The summed E-state index contributed by atoms with van der Waals surface area (Å²) in [6.45, 7) is 5.68. The quantitative estimate of drug-likeness (QED) is 0.509. The van der Waals surface area contributed by atoms with E-state index in [2.05, 4.69) is 11.9 Å². The van der Waals surface area contributed by atoms with E-state index in [1.165, 1.54) is 14.2 Å². The van der Waals surface area contributed by atoms with E-state index in [0.29, 0.717) is 50.2 Å². The standard InChI is InChI=1S/C25H22ClNO5/c1-5-10-32-24-17(26)11-14(12-18(24)30-3)20-19(25(29)31-4)13(2)27-22-15-8-6-7-9-16(15)23(28)21(20)22/h5-9,11-12,20,27H,1,10H2,2-4H3. The van der Waals surface area contributed by atoms with Crippen LogP contribution in [0.3, 0.4) is 0 Å². The normalized spacial score (nSPS) is 16.9. The maximum Gasteiger partial charge on any atom is 0.336 e. The van der Waals surface area contributed by atoms with Crippen molar-refractivity contribution in [3.63, 3.8) is 0 Å². The second-order valence-electron chi connectivity index (χ2n) is 7.39. The molecule has 0 saturated heterocycles. The third kappa shape index (κ3) is 3.37. The van der Waals surface area contributed by atoms with Crippen molar-refractivity contribution < 1.29 is 23.8 Å². The first kappa shape index (κ1) is 21.7. The number of benzene rings is 2. The number of fused-ring (bicyclic) bond motifs is 2. The third-order valence-electron chi connectivity index (χ3n) is 5.58. The van der Waals surface area contributed by atoms with Gasteiger partial charge in [-0.2, -0.15) is 0 Å². The van der Waals surface area contributed by atoms with Crippen LogP contribution in [-0.2, 0) is 9.53 Å². The molecule has 1 aliphatic heterocycles. The zero-order chi connectivity index (χ0) is 23.0. The molecule has 6 nitrogen and oxygen atoms in total. The highest BCUT2D eigenvalue weighted by Gasteiger charge is 2.43. The molecule has 4 rings (SSSR count). The lowest BCUT2D eigenvalue weighted by atomic mass is 9.79. The fourth-order valence-electron chi connectivity index (χ4n) is 4.23. The summed E-state index contributed by atoms with van der Waals surface area (Å²) in [7, 11) is 2.82. The average Bonchev–Trinajstić information content (AvgIpc) is 3.08. The number of esters is 1. The van der Waals surface area contributed by atoms with Gasteiger partial charge < -0.3 is 19.5 Å². The fourth-order valence-corrected chi connectivity index (χ4v) is 4.51. The average molecular weight is 452 g/mol. The number of carbonyl (C=O) groups excluding carboxylic acids is 2. The molecule has 7 heteroatoms. The van der Waals surface area contributed by atoms with Crippen molar-refractivity contribution >= 4 is 29.1 Å². The third-order valence-corrected chi connectivity index (χ3v) is 5.87. The molecule has 0 fully saturated rings. The molecule has 2 aliphatic rings. The summed E-state index contributed by atoms with van der Waals surface area (Å²) < 4.78 is 16.2. The summed E-state index contributed by atoms with van der Waals surface area (Å²) in [6.07, 6.45) is 1.60. The van der Waals surface area contributed by atoms with Crippen LogP contribution in [-0.4, -0.2) is 32.6 Å². The number of methoxy groups -OCH3 is 2. The van der Waals surface area contributed by atoms with E-state index in [9.17, 15) is 9.59 Å². The van der Waals surface area contributed by atoms with Crippen molar-refractivity contribution in [3.8, 4) is 11.5 Å². The molecular formula is C25H22ClNO5. The molecule has 0 radical (unpaired) electrons. The van der Waals surface area contributed by atoms with Crippen LogP contribution in [0.2, 0.25) is 5.02 Å². The van der Waals surface area contributed by atoms with Crippen molar-refractivity contribution in [2.24, 2.45) is 0 Å². The summed E-state index contributed by atoms with van der Waals surface area (Å²) in [5, 5.41) is 3.55. The van der Waals surface area contributed by atoms with Crippen LogP contribution in [0.4, 0.5) is 0 Å². The summed E-state index contributed by atoms with van der Waals surface area (Å²) >= 11 is 6.55. The SMILES string of the molecule is C=CCOc1c(Cl)cc(C2C(C(=O)OC)=C(C)NC3=C2C(=O)c2ccccc23)cc1OC. The Morgan fingerprint density at radius 3 is 2.59 bits per heavy atom. The van der Waals surface area contributed by atoms with Crippen LogP contribution >= 0.6 is 11.6 Å². The van der Waals surface area contributed by atoms with E-state index in [1.807, 2.05) is 18.2 Å². The number of ketones is 1. The largest absolute Gasteiger partial charge is 0.493 e. The van der Waals surface area contributed by atoms with E-state index >= 15 is 0 Å². The summed E-state index contributed by atoms with van der Waals surface area (Å²) in [6, 6.07) is 10.8. The van der Waals surface area contributed by atoms with Crippen LogP contribution in [0.25, 0.3) is 5.70 Å². The molecule has 1 atom stereocenters. The van der Waals surface area contributed by atoms with Gasteiger partial charge in [0.1, 0.15) is 6.61 Å². The predicted molar refractivity (Wildman–Crippen MR) is 122 cm³/mol. The second kappa shape index (κ2) is 8.55. The van der Waals surface area contributed by atoms with Gasteiger partial charge in [0.15, 0.2) is 17.3 Å². The van der Waals surface area contributed by atoms with Crippen molar-refractivity contribution in [3.05, 3.63) is 87.6 Å². The Morgan fingerprint density at radius 2 is 1.94 bits per heavy atom. The molecule has 0 aromatic heterocycles. The lowest BCUT2D eigenvalue weighted by Crippen LogP contribution is -2.29. The highest BCUT2D eigenvalue weighted by Crippen LogP contribution is 2.49. The minimum Gasteiger partial charge on any atom is -0.493 e. The monoisotopic (exact) mass is 451 g/mol. The van der Waals surface area contributed by atoms with Gasteiger partial charge in [-0.25, -0.2) is 4.79 Å². The Kier molecular flexibility index (Phi) is 5.80. The maximum atomic E-state index is 13.5. The molecule has 164 valence electrons. The number of carbonyl (C=O) groups is 2. The minimum atomic E-state index is -0.696. The molecule has 1 heterocycles. The Balaban J connectivity index is 1.94. The zero-order valence-electron chi connectivity index (χ0n) is 18.0. The van der Waals surface area contributed by atoms with Gasteiger partial charge in [-0.3, -0.25) is 4.79 Å². The Hall–Kier alpha value is -3.51. The van der Waals surface area contributed by atoms with E-state index in [1.54, 1.807) is 31.2 Å². The smallest absolute Gasteiger partial charge is 0.336 e.